The lowest BCUT2D eigenvalue weighted by Crippen LogP contribution is -2.43. The second kappa shape index (κ2) is 7.83. The number of nitriles is 1. The van der Waals surface area contributed by atoms with E-state index in [2.05, 4.69) is 28.2 Å². The van der Waals surface area contributed by atoms with Gasteiger partial charge in [0.2, 0.25) is 17.5 Å². The van der Waals surface area contributed by atoms with Gasteiger partial charge in [0.05, 0.1) is 0 Å². The number of aromatic nitrogens is 1. The van der Waals surface area contributed by atoms with E-state index in [1.165, 1.54) is 32.1 Å². The minimum Gasteiger partial charge on any atom is -0.423 e. The first kappa shape index (κ1) is 16.3. The monoisotopic (exact) mass is 316 g/mol. The van der Waals surface area contributed by atoms with Crippen LogP contribution in [0, 0.1) is 17.2 Å². The number of unbranched alkanes of at least 4 members (excludes halogenated alkanes) is 1. The van der Waals surface area contributed by atoms with Crippen molar-refractivity contribution in [2.75, 3.05) is 31.1 Å². The number of nitrogens with zero attached hydrogens (tertiary/aromatic N) is 3. The molecular weight excluding hydrogens is 288 g/mol. The highest BCUT2D eigenvalue weighted by atomic mass is 16.4. The first-order valence-corrected chi connectivity index (χ1v) is 9.18. The predicted octanol–water partition coefficient (Wildman–Crippen LogP) is 3.42. The zero-order valence-electron chi connectivity index (χ0n) is 14.2. The molecule has 2 heterocycles. The molecule has 1 saturated heterocycles. The van der Waals surface area contributed by atoms with Gasteiger partial charge in [0.1, 0.15) is 6.07 Å². The highest BCUT2D eigenvalue weighted by Gasteiger charge is 2.28. The molecule has 23 heavy (non-hydrogen) atoms. The molecule has 126 valence electrons. The number of rotatable bonds is 5. The van der Waals surface area contributed by atoms with Crippen molar-refractivity contribution in [2.45, 2.75) is 57.8 Å². The van der Waals surface area contributed by atoms with Crippen molar-refractivity contribution >= 4 is 5.88 Å². The normalized spacial score (nSPS) is 25.3. The SMILES string of the molecule is CCCCC1CCC(c2nc(C#N)c(N3CCNCC3)o2)CC1. The Morgan fingerprint density at radius 1 is 1.26 bits per heavy atom. The summed E-state index contributed by atoms with van der Waals surface area (Å²) in [6.45, 7) is 5.90. The minimum atomic E-state index is 0.400. The Balaban J connectivity index is 1.65. The first-order valence-electron chi connectivity index (χ1n) is 9.18. The molecule has 2 fully saturated rings. The molecule has 3 rings (SSSR count). The molecule has 0 radical (unpaired) electrons. The summed E-state index contributed by atoms with van der Waals surface area (Å²) in [5.41, 5.74) is 0.468. The molecule has 5 heteroatoms. The quantitative estimate of drug-likeness (QED) is 0.901. The maximum atomic E-state index is 9.39. The molecule has 0 unspecified atom stereocenters. The Morgan fingerprint density at radius 2 is 2.00 bits per heavy atom. The lowest BCUT2D eigenvalue weighted by atomic mass is 9.80. The highest BCUT2D eigenvalue weighted by Crippen LogP contribution is 2.39. The highest BCUT2D eigenvalue weighted by molar-refractivity contribution is 5.48. The van der Waals surface area contributed by atoms with Gasteiger partial charge in [0, 0.05) is 32.1 Å². The number of piperazine rings is 1. The van der Waals surface area contributed by atoms with Crippen LogP contribution in [0.1, 0.15) is 69.4 Å². The van der Waals surface area contributed by atoms with Crippen LogP contribution < -0.4 is 10.2 Å². The molecule has 2 aliphatic rings. The van der Waals surface area contributed by atoms with Gasteiger partial charge in [-0.2, -0.15) is 5.26 Å². The van der Waals surface area contributed by atoms with Gasteiger partial charge in [-0.05, 0) is 31.6 Å². The summed E-state index contributed by atoms with van der Waals surface area (Å²) < 4.78 is 6.07. The second-order valence-electron chi connectivity index (χ2n) is 6.91. The third kappa shape index (κ3) is 3.87. The van der Waals surface area contributed by atoms with Crippen molar-refractivity contribution in [3.8, 4) is 6.07 Å². The largest absolute Gasteiger partial charge is 0.423 e. The van der Waals surface area contributed by atoms with Crippen LogP contribution in [0.5, 0.6) is 0 Å². The van der Waals surface area contributed by atoms with E-state index in [1.807, 2.05) is 0 Å². The molecule has 0 spiro atoms. The fraction of sp³-hybridized carbons (Fsp3) is 0.778. The molecule has 0 amide bonds. The molecule has 1 aliphatic carbocycles. The van der Waals surface area contributed by atoms with Crippen LogP contribution in [0.4, 0.5) is 5.88 Å². The molecule has 1 N–H and O–H groups in total. The average Bonchev–Trinajstić information content (AvgIpc) is 3.05. The Bertz CT molecular complexity index is 534. The second-order valence-corrected chi connectivity index (χ2v) is 6.91. The maximum Gasteiger partial charge on any atom is 0.234 e. The molecule has 0 aromatic carbocycles. The van der Waals surface area contributed by atoms with Gasteiger partial charge >= 0.3 is 0 Å². The van der Waals surface area contributed by atoms with Crippen LogP contribution in [0.3, 0.4) is 0 Å². The molecule has 0 atom stereocenters. The molecule has 1 saturated carbocycles. The molecule has 1 aromatic heterocycles. The Kier molecular flexibility index (Phi) is 5.56. The Labute approximate surface area is 139 Å². The van der Waals surface area contributed by atoms with Crippen molar-refractivity contribution in [1.29, 1.82) is 5.26 Å². The van der Waals surface area contributed by atoms with E-state index in [0.29, 0.717) is 17.5 Å². The van der Waals surface area contributed by atoms with E-state index in [1.54, 1.807) is 0 Å². The average molecular weight is 316 g/mol. The number of oxazole rings is 1. The van der Waals surface area contributed by atoms with Crippen LogP contribution in [-0.2, 0) is 0 Å². The lowest BCUT2D eigenvalue weighted by molar-refractivity contribution is 0.277. The van der Waals surface area contributed by atoms with Crippen molar-refractivity contribution in [1.82, 2.24) is 10.3 Å². The maximum absolute atomic E-state index is 9.39. The third-order valence-corrected chi connectivity index (χ3v) is 5.30. The summed E-state index contributed by atoms with van der Waals surface area (Å²) in [5.74, 6) is 2.77. The summed E-state index contributed by atoms with van der Waals surface area (Å²) in [4.78, 5) is 6.68. The smallest absolute Gasteiger partial charge is 0.234 e. The molecular formula is C18H28N4O. The fourth-order valence-electron chi connectivity index (χ4n) is 3.85. The van der Waals surface area contributed by atoms with Crippen molar-refractivity contribution < 1.29 is 4.42 Å². The molecule has 1 aromatic rings. The van der Waals surface area contributed by atoms with Gasteiger partial charge < -0.3 is 14.6 Å². The van der Waals surface area contributed by atoms with Crippen LogP contribution in [0.25, 0.3) is 0 Å². The van der Waals surface area contributed by atoms with Crippen LogP contribution in [0.15, 0.2) is 4.42 Å². The van der Waals surface area contributed by atoms with E-state index < -0.39 is 0 Å². The van der Waals surface area contributed by atoms with Crippen LogP contribution in [0.2, 0.25) is 0 Å². The lowest BCUT2D eigenvalue weighted by Gasteiger charge is -2.27. The van der Waals surface area contributed by atoms with Gasteiger partial charge in [-0.15, -0.1) is 0 Å². The Morgan fingerprint density at radius 3 is 2.65 bits per heavy atom. The van der Waals surface area contributed by atoms with Gasteiger partial charge in [-0.1, -0.05) is 26.2 Å². The van der Waals surface area contributed by atoms with Crippen molar-refractivity contribution in [3.05, 3.63) is 11.6 Å². The number of hydrogen-bond donors (Lipinski definition) is 1. The molecule has 1 aliphatic heterocycles. The van der Waals surface area contributed by atoms with E-state index in [9.17, 15) is 5.26 Å². The van der Waals surface area contributed by atoms with Gasteiger partial charge in [0.25, 0.3) is 0 Å². The number of hydrogen-bond acceptors (Lipinski definition) is 5. The van der Waals surface area contributed by atoms with Gasteiger partial charge in [-0.3, -0.25) is 0 Å². The van der Waals surface area contributed by atoms with E-state index in [-0.39, 0.29) is 0 Å². The van der Waals surface area contributed by atoms with Crippen molar-refractivity contribution in [3.63, 3.8) is 0 Å². The predicted molar refractivity (Wildman–Crippen MR) is 90.5 cm³/mol. The zero-order valence-corrected chi connectivity index (χ0v) is 14.2. The number of nitrogens with one attached hydrogen (secondary N) is 1. The van der Waals surface area contributed by atoms with Crippen LogP contribution in [-0.4, -0.2) is 31.2 Å². The molecule has 5 nitrogen and oxygen atoms in total. The summed E-state index contributed by atoms with van der Waals surface area (Å²) in [5, 5.41) is 12.7. The Hall–Kier alpha value is -1.54. The standard InChI is InChI=1S/C18H28N4O/c1-2-3-4-14-5-7-15(8-6-14)17-21-16(13-19)18(23-17)22-11-9-20-10-12-22/h14-15,20H,2-12H2,1H3. The summed E-state index contributed by atoms with van der Waals surface area (Å²) in [7, 11) is 0. The molecule has 0 bridgehead atoms. The first-order chi connectivity index (χ1) is 11.3. The topological polar surface area (TPSA) is 65.1 Å². The summed E-state index contributed by atoms with van der Waals surface area (Å²) in [6, 6.07) is 2.22. The zero-order chi connectivity index (χ0) is 16.1. The van der Waals surface area contributed by atoms with E-state index in [4.69, 9.17) is 4.42 Å². The summed E-state index contributed by atoms with van der Waals surface area (Å²) >= 11 is 0. The summed E-state index contributed by atoms with van der Waals surface area (Å²) in [6.07, 6.45) is 8.86. The van der Waals surface area contributed by atoms with Crippen molar-refractivity contribution in [2.24, 2.45) is 5.92 Å². The van der Waals surface area contributed by atoms with Crippen LogP contribution >= 0.6 is 0 Å². The van der Waals surface area contributed by atoms with Gasteiger partial charge in [0.15, 0.2) is 0 Å². The van der Waals surface area contributed by atoms with E-state index in [0.717, 1.165) is 50.8 Å². The number of anilines is 1. The van der Waals surface area contributed by atoms with E-state index >= 15 is 0 Å². The fourth-order valence-corrected chi connectivity index (χ4v) is 3.85. The van der Waals surface area contributed by atoms with Gasteiger partial charge in [-0.25, -0.2) is 4.98 Å². The minimum absolute atomic E-state index is 0.400. The third-order valence-electron chi connectivity index (χ3n) is 5.30.